The van der Waals surface area contributed by atoms with Crippen LogP contribution in [0.2, 0.25) is 0 Å². The van der Waals surface area contributed by atoms with Crippen LogP contribution in [-0.2, 0) is 14.8 Å². The lowest BCUT2D eigenvalue weighted by Gasteiger charge is -2.21. The minimum absolute atomic E-state index is 0.0217. The average Bonchev–Trinajstić information content (AvgIpc) is 3.47. The molecule has 1 aromatic heterocycles. The minimum Gasteiger partial charge on any atom is -0.459 e. The molecule has 3 aromatic carbocycles. The predicted octanol–water partition coefficient (Wildman–Crippen LogP) is 5.30. The maximum atomic E-state index is 13.3. The number of amides is 2. The molecule has 0 atom stereocenters. The fraction of sp³-hybridized carbons (Fsp3) is 0.129. The van der Waals surface area contributed by atoms with Crippen LogP contribution in [0, 0.1) is 11.3 Å². The van der Waals surface area contributed by atoms with Crippen molar-refractivity contribution in [1.82, 2.24) is 10.0 Å². The summed E-state index contributed by atoms with van der Waals surface area (Å²) >= 11 is 0. The molecule has 4 aromatic rings. The van der Waals surface area contributed by atoms with Gasteiger partial charge in [-0.25, -0.2) is 13.1 Å². The van der Waals surface area contributed by atoms with Gasteiger partial charge in [-0.15, -0.1) is 0 Å². The quantitative estimate of drug-likeness (QED) is 0.246. The van der Waals surface area contributed by atoms with E-state index in [1.165, 1.54) is 18.4 Å². The lowest BCUT2D eigenvalue weighted by atomic mass is 10.1. The summed E-state index contributed by atoms with van der Waals surface area (Å²) in [6, 6.07) is 25.0. The number of nitriles is 1. The van der Waals surface area contributed by atoms with Gasteiger partial charge in [0.1, 0.15) is 5.70 Å². The zero-order valence-electron chi connectivity index (χ0n) is 22.6. The first-order valence-electron chi connectivity index (χ1n) is 12.6. The van der Waals surface area contributed by atoms with Gasteiger partial charge in [0, 0.05) is 16.8 Å². The van der Waals surface area contributed by atoms with Crippen molar-refractivity contribution in [1.29, 1.82) is 5.26 Å². The van der Waals surface area contributed by atoms with Gasteiger partial charge in [-0.3, -0.25) is 9.59 Å². The number of hydrogen-bond acceptors (Lipinski definition) is 6. The molecule has 0 aliphatic rings. The Balaban J connectivity index is 1.60. The lowest BCUT2D eigenvalue weighted by molar-refractivity contribution is -0.113. The maximum Gasteiger partial charge on any atom is 0.291 e. The molecule has 0 aliphatic heterocycles. The molecule has 1 heterocycles. The Morgan fingerprint density at radius 3 is 2.32 bits per heavy atom. The molecule has 0 unspecified atom stereocenters. The van der Waals surface area contributed by atoms with Crippen molar-refractivity contribution < 1.29 is 22.4 Å². The molecule has 0 fully saturated rings. The van der Waals surface area contributed by atoms with Crippen molar-refractivity contribution in [2.24, 2.45) is 0 Å². The number of furan rings is 1. The van der Waals surface area contributed by atoms with Crippen LogP contribution in [0.25, 0.3) is 17.2 Å². The van der Waals surface area contributed by atoms with E-state index in [0.717, 1.165) is 0 Å². The van der Waals surface area contributed by atoms with Crippen molar-refractivity contribution in [3.63, 3.8) is 0 Å². The molecule has 4 rings (SSSR count). The van der Waals surface area contributed by atoms with E-state index in [1.54, 1.807) is 99.6 Å². The molecule has 2 amide bonds. The number of sulfonamides is 1. The zero-order chi connectivity index (χ0) is 29.6. The topological polar surface area (TPSA) is 141 Å². The number of hydrogen-bond donors (Lipinski definition) is 3. The second-order valence-electron chi connectivity index (χ2n) is 10.1. The summed E-state index contributed by atoms with van der Waals surface area (Å²) in [4.78, 5) is 26.1. The van der Waals surface area contributed by atoms with Crippen LogP contribution < -0.4 is 15.4 Å². The number of carbonyl (C=O) groups excluding carboxylic acids is 2. The molecule has 0 bridgehead atoms. The Morgan fingerprint density at radius 1 is 0.927 bits per heavy atom. The first kappa shape index (κ1) is 29.0. The summed E-state index contributed by atoms with van der Waals surface area (Å²) in [5.41, 5.74) is 1.75. The third-order valence-electron chi connectivity index (χ3n) is 5.64. The van der Waals surface area contributed by atoms with E-state index >= 15 is 0 Å². The summed E-state index contributed by atoms with van der Waals surface area (Å²) in [6.07, 6.45) is 2.80. The van der Waals surface area contributed by atoms with Crippen molar-refractivity contribution in [2.45, 2.75) is 31.2 Å². The molecular weight excluding hydrogens is 540 g/mol. The Hall–Kier alpha value is -4.98. The van der Waals surface area contributed by atoms with Gasteiger partial charge < -0.3 is 15.1 Å². The summed E-state index contributed by atoms with van der Waals surface area (Å²) in [5, 5.41) is 14.5. The monoisotopic (exact) mass is 568 g/mol. The highest BCUT2D eigenvalue weighted by molar-refractivity contribution is 7.89. The van der Waals surface area contributed by atoms with Gasteiger partial charge >= 0.3 is 0 Å². The van der Waals surface area contributed by atoms with Crippen molar-refractivity contribution in [3.05, 3.63) is 114 Å². The largest absolute Gasteiger partial charge is 0.459 e. The Labute approximate surface area is 238 Å². The first-order chi connectivity index (χ1) is 19.4. The third kappa shape index (κ3) is 7.57. The van der Waals surface area contributed by atoms with Gasteiger partial charge in [-0.2, -0.15) is 5.26 Å². The number of carbonyl (C=O) groups is 2. The predicted molar refractivity (Wildman–Crippen MR) is 156 cm³/mol. The van der Waals surface area contributed by atoms with E-state index in [9.17, 15) is 23.3 Å². The van der Waals surface area contributed by atoms with Gasteiger partial charge in [-0.1, -0.05) is 42.5 Å². The van der Waals surface area contributed by atoms with Gasteiger partial charge in [-0.05, 0) is 80.4 Å². The van der Waals surface area contributed by atoms with Gasteiger partial charge in [0.2, 0.25) is 10.0 Å². The van der Waals surface area contributed by atoms with E-state index < -0.39 is 27.4 Å². The average molecular weight is 569 g/mol. The molecule has 0 saturated heterocycles. The van der Waals surface area contributed by atoms with Crippen molar-refractivity contribution in [2.75, 3.05) is 5.32 Å². The SMILES string of the molecule is CC(C)(C)NS(=O)(=O)c1ccccc1-c1ccc(NC(=O)C(=Cc2cccc(C#N)c2)NC(=O)c2ccco2)cc1. The molecule has 0 saturated carbocycles. The Bertz CT molecular complexity index is 1750. The molecule has 41 heavy (non-hydrogen) atoms. The molecule has 208 valence electrons. The highest BCUT2D eigenvalue weighted by Gasteiger charge is 2.25. The second kappa shape index (κ2) is 12.0. The number of nitrogens with one attached hydrogen (secondary N) is 3. The number of nitrogens with zero attached hydrogens (tertiary/aromatic N) is 1. The highest BCUT2D eigenvalue weighted by atomic mass is 32.2. The van der Waals surface area contributed by atoms with Crippen LogP contribution in [0.5, 0.6) is 0 Å². The van der Waals surface area contributed by atoms with Crippen LogP contribution >= 0.6 is 0 Å². The lowest BCUT2D eigenvalue weighted by Crippen LogP contribution is -2.40. The third-order valence-corrected chi connectivity index (χ3v) is 7.45. The smallest absolute Gasteiger partial charge is 0.291 e. The van der Waals surface area contributed by atoms with E-state index in [4.69, 9.17) is 4.42 Å². The van der Waals surface area contributed by atoms with Crippen LogP contribution in [0.3, 0.4) is 0 Å². The normalized spacial score (nSPS) is 11.9. The summed E-state index contributed by atoms with van der Waals surface area (Å²) < 4.78 is 33.9. The number of anilines is 1. The minimum atomic E-state index is -3.80. The van der Waals surface area contributed by atoms with E-state index in [0.29, 0.717) is 27.9 Å². The fourth-order valence-corrected chi connectivity index (χ4v) is 5.59. The number of benzene rings is 3. The Kier molecular flexibility index (Phi) is 8.52. The fourth-order valence-electron chi connectivity index (χ4n) is 3.94. The highest BCUT2D eigenvalue weighted by Crippen LogP contribution is 2.29. The van der Waals surface area contributed by atoms with Gasteiger partial charge in [0.05, 0.1) is 22.8 Å². The summed E-state index contributed by atoms with van der Waals surface area (Å²) in [5.74, 6) is -1.21. The van der Waals surface area contributed by atoms with Crippen molar-refractivity contribution >= 4 is 33.6 Å². The van der Waals surface area contributed by atoms with Gasteiger partial charge in [0.15, 0.2) is 5.76 Å². The molecule has 3 N–H and O–H groups in total. The summed E-state index contributed by atoms with van der Waals surface area (Å²) in [7, 11) is -3.80. The maximum absolute atomic E-state index is 13.3. The number of rotatable bonds is 8. The molecule has 0 spiro atoms. The van der Waals surface area contributed by atoms with Gasteiger partial charge in [0.25, 0.3) is 11.8 Å². The van der Waals surface area contributed by atoms with E-state index in [2.05, 4.69) is 15.4 Å². The molecule has 10 heteroatoms. The molecule has 9 nitrogen and oxygen atoms in total. The standard InChI is InChI=1S/C31H28N4O5S/c1-31(2,3)35-41(38,39)28-12-5-4-10-25(28)23-13-15-24(16-14-23)33-29(36)26(34-30(37)27-11-7-17-40-27)19-21-8-6-9-22(18-21)20-32/h4-19,35H,1-3H3,(H,33,36)(H,34,37). The first-order valence-corrected chi connectivity index (χ1v) is 14.0. The molecule has 0 radical (unpaired) electrons. The van der Waals surface area contributed by atoms with Crippen LogP contribution in [0.1, 0.15) is 42.5 Å². The summed E-state index contributed by atoms with van der Waals surface area (Å²) in [6.45, 7) is 5.31. The molecular formula is C31H28N4O5S. The van der Waals surface area contributed by atoms with Crippen LogP contribution in [-0.4, -0.2) is 25.8 Å². The van der Waals surface area contributed by atoms with E-state index in [1.807, 2.05) is 6.07 Å². The Morgan fingerprint density at radius 2 is 1.66 bits per heavy atom. The molecule has 0 aliphatic carbocycles. The van der Waals surface area contributed by atoms with Crippen LogP contribution in [0.4, 0.5) is 5.69 Å². The van der Waals surface area contributed by atoms with E-state index in [-0.39, 0.29) is 16.4 Å². The second-order valence-corrected chi connectivity index (χ2v) is 11.8. The zero-order valence-corrected chi connectivity index (χ0v) is 23.5. The van der Waals surface area contributed by atoms with Crippen LogP contribution in [0.15, 0.2) is 106 Å². The van der Waals surface area contributed by atoms with Crippen molar-refractivity contribution in [3.8, 4) is 17.2 Å².